The van der Waals surface area contributed by atoms with Gasteiger partial charge >= 0.3 is 0 Å². The maximum absolute atomic E-state index is 13.0. The van der Waals surface area contributed by atoms with Crippen LogP contribution in [0.1, 0.15) is 47.6 Å². The van der Waals surface area contributed by atoms with E-state index >= 15 is 0 Å². The molecule has 1 unspecified atom stereocenters. The van der Waals surface area contributed by atoms with Crippen molar-refractivity contribution in [2.24, 2.45) is 0 Å². The first kappa shape index (κ1) is 28.7. The van der Waals surface area contributed by atoms with Gasteiger partial charge in [-0.25, -0.2) is 28.4 Å². The van der Waals surface area contributed by atoms with Crippen molar-refractivity contribution in [3.05, 3.63) is 64.6 Å². The van der Waals surface area contributed by atoms with Gasteiger partial charge in [0.05, 0.1) is 22.0 Å². The van der Waals surface area contributed by atoms with Crippen LogP contribution in [0.4, 0.5) is 23.0 Å². The van der Waals surface area contributed by atoms with E-state index in [1.807, 2.05) is 37.5 Å². The van der Waals surface area contributed by atoms with Crippen LogP contribution >= 0.6 is 11.3 Å². The molecule has 43 heavy (non-hydrogen) atoms. The Hall–Kier alpha value is -4.38. The lowest BCUT2D eigenvalue weighted by atomic mass is 10.2. The number of ether oxygens (including phenoxy) is 1. The van der Waals surface area contributed by atoms with E-state index in [1.54, 1.807) is 36.4 Å². The van der Waals surface area contributed by atoms with Crippen LogP contribution in [0, 0.1) is 32.1 Å². The Kier molecular flexibility index (Phi) is 7.59. The number of nitriles is 1. The summed E-state index contributed by atoms with van der Waals surface area (Å²) in [6.45, 7) is 6.49. The van der Waals surface area contributed by atoms with Gasteiger partial charge in [0, 0.05) is 29.4 Å². The quantitative estimate of drug-likeness (QED) is 0.213. The van der Waals surface area contributed by atoms with Crippen LogP contribution in [0.25, 0.3) is 21.7 Å². The number of imidazole rings is 1. The molecule has 6 rings (SSSR count). The molecule has 1 saturated heterocycles. The molecular formula is C30H30N8O3S2. The first-order valence-electron chi connectivity index (χ1n) is 13.8. The Balaban J connectivity index is 1.48. The second-order valence-electron chi connectivity index (χ2n) is 10.5. The standard InChI is InChI=1S/C30H30N8O3S2/c1-17-18(2)42-30(32-17)20-11-12-22(24(14-20)43(4,39)40)35-23-15-26(36-25-9-7-8-21(16-31)34-25)37-29-28(23)33-19(3)38(29)27-10-5-6-13-41-27/h7-9,11-12,14-15,27H,5-6,10,13H2,1-4H3,(H2,34,35,36,37). The monoisotopic (exact) mass is 614 g/mol. The number of hydrogen-bond donors (Lipinski definition) is 2. The highest BCUT2D eigenvalue weighted by atomic mass is 32.2. The van der Waals surface area contributed by atoms with Crippen molar-refractivity contribution < 1.29 is 13.2 Å². The van der Waals surface area contributed by atoms with E-state index in [2.05, 4.69) is 20.6 Å². The van der Waals surface area contributed by atoms with Gasteiger partial charge in [-0.2, -0.15) is 5.26 Å². The van der Waals surface area contributed by atoms with Crippen LogP contribution < -0.4 is 10.6 Å². The second-order valence-corrected chi connectivity index (χ2v) is 13.7. The minimum Gasteiger partial charge on any atom is -0.358 e. The van der Waals surface area contributed by atoms with Gasteiger partial charge in [0.15, 0.2) is 15.5 Å². The molecule has 0 saturated carbocycles. The number of nitrogens with one attached hydrogen (secondary N) is 2. The number of aromatic nitrogens is 5. The first-order valence-corrected chi connectivity index (χ1v) is 16.5. The first-order chi connectivity index (χ1) is 20.6. The predicted molar refractivity (Wildman–Crippen MR) is 167 cm³/mol. The highest BCUT2D eigenvalue weighted by Crippen LogP contribution is 2.37. The largest absolute Gasteiger partial charge is 0.358 e. The lowest BCUT2D eigenvalue weighted by molar-refractivity contribution is -0.0308. The van der Waals surface area contributed by atoms with Crippen molar-refractivity contribution in [2.75, 3.05) is 23.5 Å². The van der Waals surface area contributed by atoms with Crippen molar-refractivity contribution in [1.82, 2.24) is 24.5 Å². The molecule has 1 aromatic carbocycles. The number of fused-ring (bicyclic) bond motifs is 1. The number of thiazole rings is 1. The molecule has 0 spiro atoms. The lowest BCUT2D eigenvalue weighted by Crippen LogP contribution is -2.19. The van der Waals surface area contributed by atoms with Gasteiger partial charge in [-0.3, -0.25) is 4.57 Å². The SMILES string of the molecule is Cc1nc(-c2ccc(Nc3cc(Nc4cccc(C#N)n4)nc4c3nc(C)n4C3CCCCO3)c(S(C)(=O)=O)c2)sc1C. The Bertz CT molecular complexity index is 1980. The molecule has 5 aromatic rings. The lowest BCUT2D eigenvalue weighted by Gasteiger charge is -2.25. The Labute approximate surface area is 253 Å². The average molecular weight is 615 g/mol. The third-order valence-electron chi connectivity index (χ3n) is 7.31. The molecular weight excluding hydrogens is 585 g/mol. The third-order valence-corrected chi connectivity index (χ3v) is 9.57. The van der Waals surface area contributed by atoms with Crippen molar-refractivity contribution in [3.63, 3.8) is 0 Å². The minimum absolute atomic E-state index is 0.144. The number of anilines is 4. The zero-order chi connectivity index (χ0) is 30.3. The summed E-state index contributed by atoms with van der Waals surface area (Å²) in [5, 5.41) is 16.6. The van der Waals surface area contributed by atoms with Crippen LogP contribution in [0.15, 0.2) is 47.4 Å². The highest BCUT2D eigenvalue weighted by molar-refractivity contribution is 7.90. The molecule has 0 radical (unpaired) electrons. The van der Waals surface area contributed by atoms with Gasteiger partial charge in [0.1, 0.15) is 46.0 Å². The van der Waals surface area contributed by atoms with Gasteiger partial charge in [0.2, 0.25) is 0 Å². The molecule has 2 N–H and O–H groups in total. The predicted octanol–water partition coefficient (Wildman–Crippen LogP) is 6.34. The maximum Gasteiger partial charge on any atom is 0.177 e. The number of aryl methyl sites for hydroxylation is 3. The van der Waals surface area contributed by atoms with E-state index in [0.717, 1.165) is 46.2 Å². The van der Waals surface area contributed by atoms with Gasteiger partial charge in [-0.1, -0.05) is 6.07 Å². The van der Waals surface area contributed by atoms with Crippen molar-refractivity contribution >= 4 is 55.3 Å². The summed E-state index contributed by atoms with van der Waals surface area (Å²) in [6.07, 6.45) is 3.83. The Morgan fingerprint density at radius 3 is 2.53 bits per heavy atom. The molecule has 0 aliphatic carbocycles. The van der Waals surface area contributed by atoms with Crippen LogP contribution in [0.2, 0.25) is 0 Å². The maximum atomic E-state index is 13.0. The summed E-state index contributed by atoms with van der Waals surface area (Å²) in [4.78, 5) is 19.9. The molecule has 5 heterocycles. The number of pyridine rings is 2. The molecule has 1 aliphatic heterocycles. The van der Waals surface area contributed by atoms with Crippen LogP contribution in [-0.2, 0) is 14.6 Å². The normalized spacial score (nSPS) is 15.4. The van der Waals surface area contributed by atoms with Gasteiger partial charge in [-0.05, 0) is 70.4 Å². The Morgan fingerprint density at radius 2 is 1.84 bits per heavy atom. The fraction of sp³-hybridized carbons (Fsp3) is 0.300. The van der Waals surface area contributed by atoms with E-state index in [9.17, 15) is 13.7 Å². The van der Waals surface area contributed by atoms with E-state index in [4.69, 9.17) is 14.7 Å². The van der Waals surface area contributed by atoms with E-state index in [-0.39, 0.29) is 16.8 Å². The van der Waals surface area contributed by atoms with Gasteiger partial charge in [-0.15, -0.1) is 11.3 Å². The summed E-state index contributed by atoms with van der Waals surface area (Å²) >= 11 is 1.53. The van der Waals surface area contributed by atoms with Crippen LogP contribution in [0.3, 0.4) is 0 Å². The molecule has 13 heteroatoms. The van der Waals surface area contributed by atoms with E-state index in [1.165, 1.54) is 17.6 Å². The average Bonchev–Trinajstić information content (AvgIpc) is 3.50. The van der Waals surface area contributed by atoms with Crippen molar-refractivity contribution in [1.29, 1.82) is 5.26 Å². The topological polar surface area (TPSA) is 148 Å². The number of sulfone groups is 1. The highest BCUT2D eigenvalue weighted by Gasteiger charge is 2.25. The van der Waals surface area contributed by atoms with E-state index in [0.29, 0.717) is 40.8 Å². The summed E-state index contributed by atoms with van der Waals surface area (Å²) in [6, 6.07) is 14.2. The molecule has 220 valence electrons. The summed E-state index contributed by atoms with van der Waals surface area (Å²) in [5.74, 6) is 1.62. The van der Waals surface area contributed by atoms with E-state index < -0.39 is 9.84 Å². The molecule has 1 fully saturated rings. The number of benzene rings is 1. The zero-order valence-electron chi connectivity index (χ0n) is 24.2. The van der Waals surface area contributed by atoms with Crippen molar-refractivity contribution in [3.8, 4) is 16.6 Å². The van der Waals surface area contributed by atoms with Crippen LogP contribution in [0.5, 0.6) is 0 Å². The third kappa shape index (κ3) is 5.81. The molecule has 0 bridgehead atoms. The molecule has 4 aromatic heterocycles. The molecule has 11 nitrogen and oxygen atoms in total. The zero-order valence-corrected chi connectivity index (χ0v) is 25.8. The number of hydrogen-bond acceptors (Lipinski definition) is 11. The van der Waals surface area contributed by atoms with Crippen molar-refractivity contribution in [2.45, 2.75) is 51.2 Å². The van der Waals surface area contributed by atoms with Gasteiger partial charge in [0.25, 0.3) is 0 Å². The fourth-order valence-electron chi connectivity index (χ4n) is 5.11. The Morgan fingerprint density at radius 1 is 1.00 bits per heavy atom. The molecule has 1 atom stereocenters. The number of nitrogens with zero attached hydrogens (tertiary/aromatic N) is 6. The summed E-state index contributed by atoms with van der Waals surface area (Å²) in [7, 11) is -3.63. The molecule has 1 aliphatic rings. The summed E-state index contributed by atoms with van der Waals surface area (Å²) < 4.78 is 34.2. The number of rotatable bonds is 7. The minimum atomic E-state index is -3.63. The molecule has 0 amide bonds. The van der Waals surface area contributed by atoms with Crippen LogP contribution in [-0.4, -0.2) is 45.8 Å². The summed E-state index contributed by atoms with van der Waals surface area (Å²) in [5.41, 5.74) is 4.03. The second kappa shape index (κ2) is 11.4. The van der Waals surface area contributed by atoms with Gasteiger partial charge < -0.3 is 15.4 Å². The smallest absolute Gasteiger partial charge is 0.177 e. The fourth-order valence-corrected chi connectivity index (χ4v) is 6.88.